The Morgan fingerprint density at radius 1 is 1.38 bits per heavy atom. The van der Waals surface area contributed by atoms with Crippen molar-refractivity contribution in [3.05, 3.63) is 35.0 Å². The molecule has 0 saturated heterocycles. The summed E-state index contributed by atoms with van der Waals surface area (Å²) in [5.41, 5.74) is 8.13. The van der Waals surface area contributed by atoms with E-state index in [1.54, 1.807) is 0 Å². The zero-order chi connectivity index (χ0) is 11.7. The van der Waals surface area contributed by atoms with Gasteiger partial charge in [-0.1, -0.05) is 37.6 Å². The molecular weight excluding hydrogens is 220 g/mol. The van der Waals surface area contributed by atoms with Crippen molar-refractivity contribution >= 4 is 22.5 Å². The van der Waals surface area contributed by atoms with E-state index in [0.717, 1.165) is 10.5 Å². The topological polar surface area (TPSA) is 41.8 Å². The third kappa shape index (κ3) is 1.83. The molecule has 0 saturated carbocycles. The minimum atomic E-state index is 0.382. The molecule has 0 aliphatic heterocycles. The highest BCUT2D eigenvalue weighted by molar-refractivity contribution is 6.35. The Balaban J connectivity index is 2.57. The van der Waals surface area contributed by atoms with Gasteiger partial charge in [0, 0.05) is 17.5 Å². The van der Waals surface area contributed by atoms with Crippen LogP contribution in [0.3, 0.4) is 0 Å². The monoisotopic (exact) mass is 236 g/mol. The molecule has 2 rings (SSSR count). The number of hydrogen-bond donors (Lipinski definition) is 2. The number of fused-ring (bicyclic) bond motifs is 1. The summed E-state index contributed by atoms with van der Waals surface area (Å²) in [7, 11) is 0. The van der Waals surface area contributed by atoms with Crippen LogP contribution in [0.1, 0.15) is 25.3 Å². The second-order valence-electron chi connectivity index (χ2n) is 4.49. The molecule has 2 nitrogen and oxygen atoms in total. The van der Waals surface area contributed by atoms with Crippen molar-refractivity contribution in [1.82, 2.24) is 4.98 Å². The van der Waals surface area contributed by atoms with Crippen LogP contribution in [0.25, 0.3) is 10.9 Å². The number of halogens is 1. The number of hydrogen-bond acceptors (Lipinski definition) is 1. The first-order valence-electron chi connectivity index (χ1n) is 5.60. The van der Waals surface area contributed by atoms with Gasteiger partial charge in [0.15, 0.2) is 0 Å². The summed E-state index contributed by atoms with van der Waals surface area (Å²) >= 11 is 6.14. The summed E-state index contributed by atoms with van der Waals surface area (Å²) in [5.74, 6) is 0.912. The maximum Gasteiger partial charge on any atom is 0.0647 e. The number of rotatable bonds is 3. The molecule has 0 aliphatic rings. The van der Waals surface area contributed by atoms with Crippen molar-refractivity contribution in [3.63, 3.8) is 0 Å². The lowest BCUT2D eigenvalue weighted by Crippen LogP contribution is -2.17. The SMILES string of the molecule is CC(C)C(CN)c1c[nH]c2c(Cl)cccc12. The van der Waals surface area contributed by atoms with Gasteiger partial charge in [0.1, 0.15) is 0 Å². The minimum absolute atomic E-state index is 0.382. The molecule has 86 valence electrons. The lowest BCUT2D eigenvalue weighted by Gasteiger charge is -2.18. The number of nitrogens with two attached hydrogens (primary N) is 1. The Labute approximate surface area is 101 Å². The number of aromatic nitrogens is 1. The number of benzene rings is 1. The van der Waals surface area contributed by atoms with Crippen LogP contribution in [0.2, 0.25) is 5.02 Å². The summed E-state index contributed by atoms with van der Waals surface area (Å²) in [6.07, 6.45) is 2.04. The average Bonchev–Trinajstić information content (AvgIpc) is 2.64. The first-order chi connectivity index (χ1) is 7.65. The summed E-state index contributed by atoms with van der Waals surface area (Å²) in [6.45, 7) is 5.05. The van der Waals surface area contributed by atoms with E-state index in [2.05, 4.69) is 24.9 Å². The smallest absolute Gasteiger partial charge is 0.0647 e. The van der Waals surface area contributed by atoms with E-state index in [4.69, 9.17) is 17.3 Å². The fourth-order valence-corrected chi connectivity index (χ4v) is 2.43. The van der Waals surface area contributed by atoms with Gasteiger partial charge in [0.05, 0.1) is 10.5 Å². The Morgan fingerprint density at radius 2 is 2.12 bits per heavy atom. The summed E-state index contributed by atoms with van der Waals surface area (Å²) in [5, 5.41) is 1.96. The zero-order valence-electron chi connectivity index (χ0n) is 9.63. The van der Waals surface area contributed by atoms with Crippen LogP contribution in [0.5, 0.6) is 0 Å². The van der Waals surface area contributed by atoms with Crippen LogP contribution in [-0.4, -0.2) is 11.5 Å². The highest BCUT2D eigenvalue weighted by atomic mass is 35.5. The van der Waals surface area contributed by atoms with Crippen LogP contribution in [0.4, 0.5) is 0 Å². The lowest BCUT2D eigenvalue weighted by molar-refractivity contribution is 0.509. The molecule has 1 aromatic heterocycles. The quantitative estimate of drug-likeness (QED) is 0.841. The highest BCUT2D eigenvalue weighted by Crippen LogP contribution is 2.32. The maximum absolute atomic E-state index is 6.14. The number of aromatic amines is 1. The van der Waals surface area contributed by atoms with Gasteiger partial charge in [-0.25, -0.2) is 0 Å². The molecule has 16 heavy (non-hydrogen) atoms. The fraction of sp³-hybridized carbons (Fsp3) is 0.385. The van der Waals surface area contributed by atoms with Crippen LogP contribution < -0.4 is 5.73 Å². The van der Waals surface area contributed by atoms with Gasteiger partial charge in [-0.05, 0) is 24.1 Å². The third-order valence-corrected chi connectivity index (χ3v) is 3.47. The molecule has 1 unspecified atom stereocenters. The molecule has 0 fully saturated rings. The van der Waals surface area contributed by atoms with Gasteiger partial charge in [-0.3, -0.25) is 0 Å². The van der Waals surface area contributed by atoms with Crippen molar-refractivity contribution in [3.8, 4) is 0 Å². The molecule has 3 N–H and O–H groups in total. The maximum atomic E-state index is 6.14. The van der Waals surface area contributed by atoms with E-state index >= 15 is 0 Å². The summed E-state index contributed by atoms with van der Waals surface area (Å²) in [4.78, 5) is 3.24. The van der Waals surface area contributed by atoms with Crippen molar-refractivity contribution in [2.24, 2.45) is 11.7 Å². The molecule has 1 heterocycles. The van der Waals surface area contributed by atoms with E-state index in [1.807, 2.05) is 18.3 Å². The van der Waals surface area contributed by atoms with Crippen molar-refractivity contribution in [1.29, 1.82) is 0 Å². The Kier molecular flexibility index (Phi) is 3.22. The van der Waals surface area contributed by atoms with E-state index in [9.17, 15) is 0 Å². The standard InChI is InChI=1S/C13H17ClN2/c1-8(2)10(6-15)11-7-16-13-9(11)4-3-5-12(13)14/h3-5,7-8,10,16H,6,15H2,1-2H3. The zero-order valence-corrected chi connectivity index (χ0v) is 10.4. The molecule has 1 atom stereocenters. The lowest BCUT2D eigenvalue weighted by atomic mass is 9.88. The van der Waals surface area contributed by atoms with Gasteiger partial charge < -0.3 is 10.7 Å². The summed E-state index contributed by atoms with van der Waals surface area (Å²) in [6, 6.07) is 5.98. The Hall–Kier alpha value is -0.990. The minimum Gasteiger partial charge on any atom is -0.360 e. The number of H-pyrrole nitrogens is 1. The fourth-order valence-electron chi connectivity index (χ4n) is 2.20. The number of nitrogens with one attached hydrogen (secondary N) is 1. The van der Waals surface area contributed by atoms with Gasteiger partial charge in [-0.15, -0.1) is 0 Å². The van der Waals surface area contributed by atoms with Gasteiger partial charge in [0.2, 0.25) is 0 Å². The van der Waals surface area contributed by atoms with E-state index in [0.29, 0.717) is 18.4 Å². The van der Waals surface area contributed by atoms with Gasteiger partial charge in [-0.2, -0.15) is 0 Å². The molecule has 0 aliphatic carbocycles. The summed E-state index contributed by atoms with van der Waals surface area (Å²) < 4.78 is 0. The average molecular weight is 237 g/mol. The molecule has 3 heteroatoms. The van der Waals surface area contributed by atoms with E-state index in [1.165, 1.54) is 10.9 Å². The first kappa shape index (κ1) is 11.5. The molecule has 1 aromatic carbocycles. The molecule has 0 radical (unpaired) electrons. The second-order valence-corrected chi connectivity index (χ2v) is 4.90. The predicted octanol–water partition coefficient (Wildman–Crippen LogP) is 3.52. The molecule has 0 amide bonds. The van der Waals surface area contributed by atoms with Crippen molar-refractivity contribution in [2.45, 2.75) is 19.8 Å². The van der Waals surface area contributed by atoms with Crippen LogP contribution in [-0.2, 0) is 0 Å². The van der Waals surface area contributed by atoms with E-state index in [-0.39, 0.29) is 0 Å². The largest absolute Gasteiger partial charge is 0.360 e. The molecule has 0 bridgehead atoms. The predicted molar refractivity (Wildman–Crippen MR) is 69.9 cm³/mol. The third-order valence-electron chi connectivity index (χ3n) is 3.15. The van der Waals surface area contributed by atoms with Crippen molar-refractivity contribution in [2.75, 3.05) is 6.54 Å². The Bertz CT molecular complexity index is 488. The molecule has 2 aromatic rings. The molecular formula is C13H17ClN2. The first-order valence-corrected chi connectivity index (χ1v) is 5.98. The van der Waals surface area contributed by atoms with Crippen LogP contribution in [0, 0.1) is 5.92 Å². The van der Waals surface area contributed by atoms with E-state index < -0.39 is 0 Å². The normalized spacial score (nSPS) is 13.6. The van der Waals surface area contributed by atoms with Crippen molar-refractivity contribution < 1.29 is 0 Å². The number of para-hydroxylation sites is 1. The molecule has 0 spiro atoms. The Morgan fingerprint density at radius 3 is 2.75 bits per heavy atom. The second kappa shape index (κ2) is 4.48. The van der Waals surface area contributed by atoms with Crippen LogP contribution >= 0.6 is 11.6 Å². The van der Waals surface area contributed by atoms with Crippen LogP contribution in [0.15, 0.2) is 24.4 Å². The van der Waals surface area contributed by atoms with Gasteiger partial charge in [0.25, 0.3) is 0 Å². The highest BCUT2D eigenvalue weighted by Gasteiger charge is 2.18. The van der Waals surface area contributed by atoms with Gasteiger partial charge >= 0.3 is 0 Å².